The lowest BCUT2D eigenvalue weighted by atomic mass is 9.95. The third-order valence-corrected chi connectivity index (χ3v) is 5.36. The van der Waals surface area contributed by atoms with Gasteiger partial charge in [0.1, 0.15) is 0 Å². The summed E-state index contributed by atoms with van der Waals surface area (Å²) >= 11 is 6.57. The van der Waals surface area contributed by atoms with Crippen molar-refractivity contribution in [3.63, 3.8) is 0 Å². The Labute approximate surface area is 163 Å². The summed E-state index contributed by atoms with van der Waals surface area (Å²) in [6, 6.07) is 15.5. The number of hydrogen-bond donors (Lipinski definition) is 2. The van der Waals surface area contributed by atoms with Gasteiger partial charge in [-0.1, -0.05) is 48.0 Å². The summed E-state index contributed by atoms with van der Waals surface area (Å²) in [5.74, 6) is 5.09. The van der Waals surface area contributed by atoms with Crippen LogP contribution in [0.4, 0.5) is 5.69 Å². The average Bonchev–Trinajstić information content (AvgIpc) is 2.73. The number of pyridine rings is 1. The van der Waals surface area contributed by atoms with Crippen molar-refractivity contribution in [2.24, 2.45) is 5.84 Å². The van der Waals surface area contributed by atoms with Crippen molar-refractivity contribution in [1.29, 1.82) is 0 Å². The summed E-state index contributed by atoms with van der Waals surface area (Å²) < 4.78 is 0. The van der Waals surface area contributed by atoms with Crippen molar-refractivity contribution in [1.82, 2.24) is 10.4 Å². The van der Waals surface area contributed by atoms with Crippen LogP contribution in [0.2, 0.25) is 5.02 Å². The first-order valence-electron chi connectivity index (χ1n) is 9.14. The van der Waals surface area contributed by atoms with E-state index in [1.165, 1.54) is 6.42 Å². The molecular weight excluding hydrogens is 360 g/mol. The van der Waals surface area contributed by atoms with Crippen molar-refractivity contribution < 1.29 is 4.79 Å². The molecule has 138 valence electrons. The molecule has 1 amide bonds. The predicted molar refractivity (Wildman–Crippen MR) is 110 cm³/mol. The lowest BCUT2D eigenvalue weighted by Gasteiger charge is -2.32. The van der Waals surface area contributed by atoms with Crippen LogP contribution in [-0.4, -0.2) is 24.0 Å². The van der Waals surface area contributed by atoms with E-state index in [0.717, 1.165) is 53.6 Å². The highest BCUT2D eigenvalue weighted by Crippen LogP contribution is 2.42. The molecule has 2 heterocycles. The van der Waals surface area contributed by atoms with Crippen LogP contribution in [0.3, 0.4) is 0 Å². The van der Waals surface area contributed by atoms with Crippen molar-refractivity contribution in [3.8, 4) is 11.1 Å². The van der Waals surface area contributed by atoms with Crippen molar-refractivity contribution in [2.45, 2.75) is 19.3 Å². The minimum Gasteiger partial charge on any atom is -0.369 e. The Balaban J connectivity index is 2.10. The normalized spacial score (nSPS) is 14.4. The molecule has 0 unspecified atom stereocenters. The average molecular weight is 381 g/mol. The first-order valence-corrected chi connectivity index (χ1v) is 9.52. The maximum Gasteiger partial charge on any atom is 0.285 e. The smallest absolute Gasteiger partial charge is 0.285 e. The van der Waals surface area contributed by atoms with Crippen LogP contribution in [-0.2, 0) is 0 Å². The van der Waals surface area contributed by atoms with E-state index in [4.69, 9.17) is 17.4 Å². The molecule has 5 nitrogen and oxygen atoms in total. The fourth-order valence-electron chi connectivity index (χ4n) is 3.79. The Hall–Kier alpha value is -2.63. The molecule has 1 saturated heterocycles. The number of nitrogen functional groups attached to an aromatic ring is 1. The number of nitrogens with one attached hydrogen (secondary N) is 1. The molecule has 2 aromatic carbocycles. The highest BCUT2D eigenvalue weighted by molar-refractivity contribution is 6.34. The first-order chi connectivity index (χ1) is 13.2. The maximum atomic E-state index is 12.6. The van der Waals surface area contributed by atoms with Gasteiger partial charge < -0.3 is 4.90 Å². The number of amides is 1. The van der Waals surface area contributed by atoms with E-state index in [9.17, 15) is 4.79 Å². The standard InChI is InChI=1S/C21H21ClN4O/c22-16-10-4-2-8-14(16)18-15-9-3-5-11-17(15)24-19(21(27)25-23)20(18)26-12-6-1-7-13-26/h2-5,8-11H,1,6-7,12-13,23H2,(H,25,27). The van der Waals surface area contributed by atoms with E-state index >= 15 is 0 Å². The number of fused-ring (bicyclic) bond motifs is 1. The van der Waals surface area contributed by atoms with Crippen LogP contribution in [0.25, 0.3) is 22.0 Å². The molecule has 0 bridgehead atoms. The summed E-state index contributed by atoms with van der Waals surface area (Å²) in [6.07, 6.45) is 3.36. The molecule has 0 aliphatic carbocycles. The molecule has 0 atom stereocenters. The van der Waals surface area contributed by atoms with Gasteiger partial charge in [-0.2, -0.15) is 0 Å². The number of hydrogen-bond acceptors (Lipinski definition) is 4. The lowest BCUT2D eigenvalue weighted by Crippen LogP contribution is -2.36. The molecular formula is C21H21ClN4O. The molecule has 0 radical (unpaired) electrons. The number of halogens is 1. The van der Waals surface area contributed by atoms with Gasteiger partial charge >= 0.3 is 0 Å². The number of carbonyl (C=O) groups is 1. The van der Waals surface area contributed by atoms with Gasteiger partial charge in [0, 0.05) is 34.6 Å². The quantitative estimate of drug-likeness (QED) is 0.407. The topological polar surface area (TPSA) is 71.2 Å². The zero-order chi connectivity index (χ0) is 18.8. The number of benzene rings is 2. The third kappa shape index (κ3) is 3.24. The molecule has 1 aliphatic rings. The van der Waals surface area contributed by atoms with E-state index in [-0.39, 0.29) is 0 Å². The van der Waals surface area contributed by atoms with Gasteiger partial charge in [-0.05, 0) is 31.4 Å². The highest BCUT2D eigenvalue weighted by atomic mass is 35.5. The summed E-state index contributed by atoms with van der Waals surface area (Å²) in [4.78, 5) is 19.5. The minimum absolute atomic E-state index is 0.341. The van der Waals surface area contributed by atoms with Crippen LogP contribution in [0.5, 0.6) is 0 Å². The van der Waals surface area contributed by atoms with E-state index in [1.807, 2.05) is 48.5 Å². The van der Waals surface area contributed by atoms with E-state index in [0.29, 0.717) is 10.7 Å². The second kappa shape index (κ2) is 7.55. The van der Waals surface area contributed by atoms with Crippen molar-refractivity contribution >= 4 is 34.1 Å². The number of nitrogens with zero attached hydrogens (tertiary/aromatic N) is 2. The molecule has 1 fully saturated rings. The second-order valence-electron chi connectivity index (χ2n) is 6.70. The fraction of sp³-hybridized carbons (Fsp3) is 0.238. The Morgan fingerprint density at radius 3 is 2.48 bits per heavy atom. The third-order valence-electron chi connectivity index (χ3n) is 5.03. The number of piperidine rings is 1. The van der Waals surface area contributed by atoms with Gasteiger partial charge in [0.05, 0.1) is 11.2 Å². The van der Waals surface area contributed by atoms with Crippen LogP contribution >= 0.6 is 11.6 Å². The summed E-state index contributed by atoms with van der Waals surface area (Å²) in [6.45, 7) is 1.75. The summed E-state index contributed by atoms with van der Waals surface area (Å²) in [7, 11) is 0. The number of para-hydroxylation sites is 1. The molecule has 3 N–H and O–H groups in total. The zero-order valence-electron chi connectivity index (χ0n) is 14.9. The van der Waals surface area contributed by atoms with E-state index in [2.05, 4.69) is 15.3 Å². The van der Waals surface area contributed by atoms with Gasteiger partial charge in [0.25, 0.3) is 5.91 Å². The van der Waals surface area contributed by atoms with E-state index < -0.39 is 5.91 Å². The number of rotatable bonds is 3. The van der Waals surface area contributed by atoms with E-state index in [1.54, 1.807) is 0 Å². The lowest BCUT2D eigenvalue weighted by molar-refractivity contribution is 0.0949. The molecule has 0 saturated carbocycles. The number of hydrazine groups is 1. The van der Waals surface area contributed by atoms with Crippen molar-refractivity contribution in [3.05, 3.63) is 59.2 Å². The van der Waals surface area contributed by atoms with Crippen LogP contribution in [0, 0.1) is 0 Å². The zero-order valence-corrected chi connectivity index (χ0v) is 15.7. The number of nitrogens with two attached hydrogens (primary N) is 1. The van der Waals surface area contributed by atoms with Crippen molar-refractivity contribution in [2.75, 3.05) is 18.0 Å². The number of carbonyl (C=O) groups excluding carboxylic acids is 1. The molecule has 3 aromatic rings. The van der Waals surface area contributed by atoms with Crippen LogP contribution in [0.1, 0.15) is 29.8 Å². The molecule has 4 rings (SSSR count). The molecule has 0 spiro atoms. The van der Waals surface area contributed by atoms with Gasteiger partial charge in [-0.3, -0.25) is 10.2 Å². The highest BCUT2D eigenvalue weighted by Gasteiger charge is 2.26. The fourth-order valence-corrected chi connectivity index (χ4v) is 4.02. The largest absolute Gasteiger partial charge is 0.369 e. The number of anilines is 1. The molecule has 1 aromatic heterocycles. The van der Waals surface area contributed by atoms with Gasteiger partial charge in [-0.15, -0.1) is 0 Å². The maximum absolute atomic E-state index is 12.6. The second-order valence-corrected chi connectivity index (χ2v) is 7.11. The molecule has 27 heavy (non-hydrogen) atoms. The SMILES string of the molecule is NNC(=O)c1nc2ccccc2c(-c2ccccc2Cl)c1N1CCCCC1. The monoisotopic (exact) mass is 380 g/mol. The van der Waals surface area contributed by atoms with Gasteiger partial charge in [-0.25, -0.2) is 10.8 Å². The predicted octanol–water partition coefficient (Wildman–Crippen LogP) is 4.15. The Bertz CT molecular complexity index is 999. The Morgan fingerprint density at radius 2 is 1.74 bits per heavy atom. The Morgan fingerprint density at radius 1 is 1.04 bits per heavy atom. The molecule has 6 heteroatoms. The van der Waals surface area contributed by atoms with Gasteiger partial charge in [0.2, 0.25) is 0 Å². The summed E-state index contributed by atoms with van der Waals surface area (Å²) in [5.41, 5.74) is 5.98. The first kappa shape index (κ1) is 17.8. The summed E-state index contributed by atoms with van der Waals surface area (Å²) in [5, 5.41) is 1.62. The molecule has 1 aliphatic heterocycles. The Kier molecular flexibility index (Phi) is 4.97. The van der Waals surface area contributed by atoms with Crippen LogP contribution < -0.4 is 16.2 Å². The van der Waals surface area contributed by atoms with Crippen LogP contribution in [0.15, 0.2) is 48.5 Å². The minimum atomic E-state index is -0.394. The number of aromatic nitrogens is 1. The van der Waals surface area contributed by atoms with Gasteiger partial charge in [0.15, 0.2) is 5.69 Å².